The normalized spacial score (nSPS) is 17.9. The third kappa shape index (κ3) is 3.49. The van der Waals surface area contributed by atoms with E-state index < -0.39 is 0 Å². The van der Waals surface area contributed by atoms with Gasteiger partial charge in [0.15, 0.2) is 0 Å². The molecule has 1 aliphatic rings. The van der Waals surface area contributed by atoms with E-state index in [0.29, 0.717) is 0 Å². The van der Waals surface area contributed by atoms with Crippen LogP contribution in [0.4, 0.5) is 0 Å². The number of allylic oxidation sites excluding steroid dienone is 3. The molecule has 0 unspecified atom stereocenters. The summed E-state index contributed by atoms with van der Waals surface area (Å²) in [6.45, 7) is 0. The monoisotopic (exact) mass is 202 g/mol. The van der Waals surface area contributed by atoms with Gasteiger partial charge in [0.1, 0.15) is 0 Å². The summed E-state index contributed by atoms with van der Waals surface area (Å²) in [5.74, 6) is 0. The summed E-state index contributed by atoms with van der Waals surface area (Å²) in [4.78, 5) is 0. The van der Waals surface area contributed by atoms with E-state index in [1.54, 1.807) is 7.11 Å². The Morgan fingerprint density at radius 3 is 3.00 bits per heavy atom. The van der Waals surface area contributed by atoms with Crippen molar-refractivity contribution in [1.29, 1.82) is 0 Å². The first-order chi connectivity index (χ1) is 5.83. The molecule has 0 N–H and O–H groups in total. The van der Waals surface area contributed by atoms with Crippen LogP contribution in [0.1, 0.15) is 25.7 Å². The number of hydrogen-bond acceptors (Lipinski definition) is 1. The van der Waals surface area contributed by atoms with Crippen molar-refractivity contribution in [3.05, 3.63) is 23.8 Å². The van der Waals surface area contributed by atoms with Crippen LogP contribution in [0.2, 0.25) is 0 Å². The van der Waals surface area contributed by atoms with Gasteiger partial charge in [0, 0.05) is 0 Å². The van der Waals surface area contributed by atoms with E-state index in [1.165, 1.54) is 31.3 Å². The van der Waals surface area contributed by atoms with Gasteiger partial charge in [-0.25, -0.2) is 0 Å². The average molecular weight is 202 g/mol. The van der Waals surface area contributed by atoms with E-state index in [-0.39, 0.29) is 0 Å². The van der Waals surface area contributed by atoms with Crippen molar-refractivity contribution in [3.8, 4) is 0 Å². The molecule has 0 aromatic heterocycles. The molecule has 1 rings (SSSR count). The van der Waals surface area contributed by atoms with Crippen LogP contribution in [-0.4, -0.2) is 11.7 Å². The number of methoxy groups -OCH3 is 1. The van der Waals surface area contributed by atoms with Gasteiger partial charge in [0.05, 0.1) is 0 Å². The molecule has 0 atom stereocenters. The van der Waals surface area contributed by atoms with Gasteiger partial charge in [-0.15, -0.1) is 0 Å². The zero-order valence-corrected chi connectivity index (χ0v) is 8.65. The maximum absolute atomic E-state index is 4.99. The van der Waals surface area contributed by atoms with Gasteiger partial charge in [0.25, 0.3) is 0 Å². The number of rotatable bonds is 3. The van der Waals surface area contributed by atoms with Crippen molar-refractivity contribution < 1.29 is 20.6 Å². The van der Waals surface area contributed by atoms with Crippen LogP contribution in [0.5, 0.6) is 0 Å². The molecule has 0 aromatic carbocycles. The van der Waals surface area contributed by atoms with Gasteiger partial charge >= 0.3 is 81.7 Å². The fourth-order valence-corrected chi connectivity index (χ4v) is 1.36. The molecule has 0 spiro atoms. The van der Waals surface area contributed by atoms with Gasteiger partial charge in [-0.2, -0.15) is 0 Å². The van der Waals surface area contributed by atoms with Gasteiger partial charge in [-0.1, -0.05) is 0 Å². The van der Waals surface area contributed by atoms with Gasteiger partial charge in [0.2, 0.25) is 0 Å². The SMILES string of the molecule is CO[C](=[Cr])/C=C/C1=CCCCC1. The van der Waals surface area contributed by atoms with E-state index in [1.807, 2.05) is 6.08 Å². The topological polar surface area (TPSA) is 9.23 Å². The summed E-state index contributed by atoms with van der Waals surface area (Å²) in [6, 6.07) is 0. The number of hydrogen-bond donors (Lipinski definition) is 0. The molecule has 0 saturated heterocycles. The van der Waals surface area contributed by atoms with Gasteiger partial charge in [-0.3, -0.25) is 0 Å². The van der Waals surface area contributed by atoms with Crippen LogP contribution in [0.25, 0.3) is 0 Å². The Morgan fingerprint density at radius 1 is 1.58 bits per heavy atom. The fourth-order valence-electron chi connectivity index (χ4n) is 1.26. The molecular weight excluding hydrogens is 188 g/mol. The van der Waals surface area contributed by atoms with Crippen LogP contribution < -0.4 is 0 Å². The average Bonchev–Trinajstić information content (AvgIpc) is 2.16. The Hall–Kier alpha value is -0.158. The first-order valence-electron chi connectivity index (χ1n) is 4.28. The van der Waals surface area contributed by atoms with E-state index in [4.69, 9.17) is 4.74 Å². The zero-order chi connectivity index (χ0) is 8.81. The Morgan fingerprint density at radius 2 is 2.42 bits per heavy atom. The molecule has 0 saturated carbocycles. The molecule has 0 heterocycles. The van der Waals surface area contributed by atoms with Crippen molar-refractivity contribution >= 4 is 4.57 Å². The molecule has 2 heteroatoms. The minimum atomic E-state index is 0.849. The summed E-state index contributed by atoms with van der Waals surface area (Å²) in [5.41, 5.74) is 1.44. The van der Waals surface area contributed by atoms with Crippen molar-refractivity contribution in [2.75, 3.05) is 7.11 Å². The number of ether oxygens (including phenoxy) is 1. The van der Waals surface area contributed by atoms with Crippen molar-refractivity contribution in [1.82, 2.24) is 0 Å². The maximum atomic E-state index is 4.99. The van der Waals surface area contributed by atoms with Gasteiger partial charge < -0.3 is 0 Å². The Kier molecular flexibility index (Phi) is 4.53. The molecule has 0 aromatic rings. The quantitative estimate of drug-likeness (QED) is 0.682. The standard InChI is InChI=1S/C10H14O.Cr/c1-11-9-5-8-10-6-3-2-4-7-10;/h5-6,8H,2-4,7H2,1H3;/b8-5+;. The third-order valence-electron chi connectivity index (χ3n) is 1.96. The molecule has 0 radical (unpaired) electrons. The third-order valence-corrected chi connectivity index (χ3v) is 2.43. The fraction of sp³-hybridized carbons (Fsp3) is 0.500. The summed E-state index contributed by atoms with van der Waals surface area (Å²) in [5, 5.41) is 0. The zero-order valence-electron chi connectivity index (χ0n) is 7.38. The van der Waals surface area contributed by atoms with Crippen LogP contribution in [0.3, 0.4) is 0 Å². The molecule has 0 aliphatic heterocycles. The van der Waals surface area contributed by atoms with Crippen LogP contribution in [0, 0.1) is 0 Å². The van der Waals surface area contributed by atoms with Crippen LogP contribution in [0.15, 0.2) is 23.8 Å². The Bertz CT molecular complexity index is 216. The first kappa shape index (κ1) is 9.93. The van der Waals surface area contributed by atoms with Crippen molar-refractivity contribution in [2.45, 2.75) is 25.7 Å². The summed E-state index contributed by atoms with van der Waals surface area (Å²) >= 11 is 2.85. The molecule has 12 heavy (non-hydrogen) atoms. The second kappa shape index (κ2) is 5.48. The van der Waals surface area contributed by atoms with E-state index in [0.717, 1.165) is 4.57 Å². The molecule has 1 nitrogen and oxygen atoms in total. The molecule has 66 valence electrons. The van der Waals surface area contributed by atoms with Crippen molar-refractivity contribution in [2.24, 2.45) is 0 Å². The van der Waals surface area contributed by atoms with Gasteiger partial charge in [-0.05, 0) is 0 Å². The second-order valence-corrected chi connectivity index (χ2v) is 3.51. The molecule has 0 bridgehead atoms. The van der Waals surface area contributed by atoms with E-state index in [2.05, 4.69) is 28.0 Å². The Balaban J connectivity index is 2.43. The molecular formula is C10H14CrO. The second-order valence-electron chi connectivity index (χ2n) is 2.88. The van der Waals surface area contributed by atoms with E-state index >= 15 is 0 Å². The van der Waals surface area contributed by atoms with Crippen LogP contribution >= 0.6 is 0 Å². The Labute approximate surface area is 82.1 Å². The predicted octanol–water partition coefficient (Wildman–Crippen LogP) is 2.37. The summed E-state index contributed by atoms with van der Waals surface area (Å²) < 4.78 is 5.84. The molecule has 1 aliphatic carbocycles. The van der Waals surface area contributed by atoms with Crippen molar-refractivity contribution in [3.63, 3.8) is 0 Å². The van der Waals surface area contributed by atoms with Crippen LogP contribution in [-0.2, 0) is 20.6 Å². The molecule has 0 fully saturated rings. The summed E-state index contributed by atoms with van der Waals surface area (Å²) in [6.07, 6.45) is 11.5. The molecule has 0 amide bonds. The minimum absolute atomic E-state index is 0.849. The predicted molar refractivity (Wildman–Crippen MR) is 47.7 cm³/mol. The summed E-state index contributed by atoms with van der Waals surface area (Å²) in [7, 11) is 1.67. The van der Waals surface area contributed by atoms with E-state index in [9.17, 15) is 0 Å². The first-order valence-corrected chi connectivity index (χ1v) is 4.92.